The molecule has 31 heavy (non-hydrogen) atoms. The second-order valence-corrected chi connectivity index (χ2v) is 8.10. The van der Waals surface area contributed by atoms with E-state index in [0.717, 1.165) is 35.7 Å². The summed E-state index contributed by atoms with van der Waals surface area (Å²) in [5.41, 5.74) is 4.60. The minimum atomic E-state index is -0.0998. The Balaban J connectivity index is 1.42. The summed E-state index contributed by atoms with van der Waals surface area (Å²) >= 11 is 0. The Labute approximate surface area is 183 Å². The SMILES string of the molecule is CN(C)c1nccnc1-c1cccc(C(=O)NCc2ccc(N3CCCCC3)cc2)c1. The third-order valence-electron chi connectivity index (χ3n) is 5.61. The fourth-order valence-corrected chi connectivity index (χ4v) is 3.93. The molecule has 4 rings (SSSR count). The van der Waals surface area contributed by atoms with Gasteiger partial charge in [-0.25, -0.2) is 4.98 Å². The van der Waals surface area contributed by atoms with Crippen LogP contribution in [0.4, 0.5) is 11.5 Å². The highest BCUT2D eigenvalue weighted by Gasteiger charge is 2.13. The van der Waals surface area contributed by atoms with Gasteiger partial charge < -0.3 is 15.1 Å². The number of piperidine rings is 1. The van der Waals surface area contributed by atoms with E-state index >= 15 is 0 Å². The van der Waals surface area contributed by atoms with Crippen LogP contribution in [0.2, 0.25) is 0 Å². The molecule has 3 aromatic rings. The number of anilines is 2. The van der Waals surface area contributed by atoms with Gasteiger partial charge in [-0.3, -0.25) is 9.78 Å². The van der Waals surface area contributed by atoms with Crippen molar-refractivity contribution in [1.82, 2.24) is 15.3 Å². The van der Waals surface area contributed by atoms with E-state index in [1.165, 1.54) is 24.9 Å². The van der Waals surface area contributed by atoms with Crippen molar-refractivity contribution in [2.24, 2.45) is 0 Å². The Kier molecular flexibility index (Phi) is 6.46. The smallest absolute Gasteiger partial charge is 0.251 e. The molecule has 1 amide bonds. The van der Waals surface area contributed by atoms with E-state index in [1.54, 1.807) is 12.4 Å². The van der Waals surface area contributed by atoms with Crippen LogP contribution in [-0.2, 0) is 6.54 Å². The third-order valence-corrected chi connectivity index (χ3v) is 5.61. The highest BCUT2D eigenvalue weighted by Crippen LogP contribution is 2.26. The van der Waals surface area contributed by atoms with Gasteiger partial charge in [0, 0.05) is 62.9 Å². The van der Waals surface area contributed by atoms with E-state index in [-0.39, 0.29) is 5.91 Å². The van der Waals surface area contributed by atoms with E-state index < -0.39 is 0 Å². The van der Waals surface area contributed by atoms with Crippen molar-refractivity contribution >= 4 is 17.4 Å². The van der Waals surface area contributed by atoms with Crippen LogP contribution in [-0.4, -0.2) is 43.1 Å². The lowest BCUT2D eigenvalue weighted by Crippen LogP contribution is -2.29. The monoisotopic (exact) mass is 415 g/mol. The molecule has 6 heteroatoms. The molecule has 0 saturated carbocycles. The summed E-state index contributed by atoms with van der Waals surface area (Å²) in [5, 5.41) is 3.03. The first kappa shape index (κ1) is 20.8. The van der Waals surface area contributed by atoms with Gasteiger partial charge in [0.15, 0.2) is 5.82 Å². The van der Waals surface area contributed by atoms with Gasteiger partial charge in [0.05, 0.1) is 0 Å². The van der Waals surface area contributed by atoms with Crippen LogP contribution in [0.1, 0.15) is 35.2 Å². The summed E-state index contributed by atoms with van der Waals surface area (Å²) in [7, 11) is 3.86. The van der Waals surface area contributed by atoms with Gasteiger partial charge in [0.2, 0.25) is 0 Å². The van der Waals surface area contributed by atoms with Crippen LogP contribution < -0.4 is 15.1 Å². The highest BCUT2D eigenvalue weighted by molar-refractivity contribution is 5.95. The first-order chi connectivity index (χ1) is 15.1. The van der Waals surface area contributed by atoms with Crippen molar-refractivity contribution in [1.29, 1.82) is 0 Å². The minimum absolute atomic E-state index is 0.0998. The Morgan fingerprint density at radius 3 is 2.48 bits per heavy atom. The summed E-state index contributed by atoms with van der Waals surface area (Å²) in [6.45, 7) is 2.76. The predicted octanol–water partition coefficient (Wildman–Crippen LogP) is 4.13. The molecule has 1 saturated heterocycles. The average Bonchev–Trinajstić information content (AvgIpc) is 2.83. The lowest BCUT2D eigenvalue weighted by Gasteiger charge is -2.28. The molecule has 2 heterocycles. The van der Waals surface area contributed by atoms with Crippen molar-refractivity contribution in [2.75, 3.05) is 37.0 Å². The second-order valence-electron chi connectivity index (χ2n) is 8.10. The van der Waals surface area contributed by atoms with Crippen LogP contribution in [0.5, 0.6) is 0 Å². The van der Waals surface area contributed by atoms with Crippen molar-refractivity contribution in [3.63, 3.8) is 0 Å². The first-order valence-corrected chi connectivity index (χ1v) is 10.8. The highest BCUT2D eigenvalue weighted by atomic mass is 16.1. The fourth-order valence-electron chi connectivity index (χ4n) is 3.93. The number of carbonyl (C=O) groups is 1. The van der Waals surface area contributed by atoms with E-state index in [1.807, 2.05) is 43.3 Å². The van der Waals surface area contributed by atoms with Crippen molar-refractivity contribution in [3.8, 4) is 11.3 Å². The number of nitrogens with one attached hydrogen (secondary N) is 1. The Morgan fingerprint density at radius 1 is 1.00 bits per heavy atom. The van der Waals surface area contributed by atoms with Gasteiger partial charge in [-0.05, 0) is 49.1 Å². The van der Waals surface area contributed by atoms with Gasteiger partial charge in [-0.2, -0.15) is 0 Å². The van der Waals surface area contributed by atoms with Crippen molar-refractivity contribution in [2.45, 2.75) is 25.8 Å². The molecule has 2 aromatic carbocycles. The summed E-state index contributed by atoms with van der Waals surface area (Å²) < 4.78 is 0. The van der Waals surface area contributed by atoms with Crippen LogP contribution in [0.3, 0.4) is 0 Å². The molecule has 1 fully saturated rings. The number of carbonyl (C=O) groups excluding carboxylic acids is 1. The maximum absolute atomic E-state index is 12.8. The number of hydrogen-bond acceptors (Lipinski definition) is 5. The van der Waals surface area contributed by atoms with Gasteiger partial charge in [0.1, 0.15) is 5.69 Å². The molecule has 1 aromatic heterocycles. The molecule has 160 valence electrons. The topological polar surface area (TPSA) is 61.4 Å². The van der Waals surface area contributed by atoms with Gasteiger partial charge in [-0.15, -0.1) is 0 Å². The van der Waals surface area contributed by atoms with Gasteiger partial charge >= 0.3 is 0 Å². The molecule has 0 unspecified atom stereocenters. The number of nitrogens with zero attached hydrogens (tertiary/aromatic N) is 4. The fraction of sp³-hybridized carbons (Fsp3) is 0.320. The molecule has 6 nitrogen and oxygen atoms in total. The number of hydrogen-bond donors (Lipinski definition) is 1. The number of rotatable bonds is 6. The molecular formula is C25H29N5O. The summed E-state index contributed by atoms with van der Waals surface area (Å²) in [5.74, 6) is 0.672. The molecular weight excluding hydrogens is 386 g/mol. The van der Waals surface area contributed by atoms with E-state index in [9.17, 15) is 4.79 Å². The number of benzene rings is 2. The van der Waals surface area contributed by atoms with Crippen molar-refractivity contribution < 1.29 is 4.79 Å². The largest absolute Gasteiger partial charge is 0.372 e. The maximum Gasteiger partial charge on any atom is 0.251 e. The second kappa shape index (κ2) is 9.60. The van der Waals surface area contributed by atoms with Crippen molar-refractivity contribution in [3.05, 3.63) is 72.1 Å². The zero-order valence-electron chi connectivity index (χ0n) is 18.2. The first-order valence-electron chi connectivity index (χ1n) is 10.8. The summed E-state index contributed by atoms with van der Waals surface area (Å²) in [6, 6.07) is 16.0. The average molecular weight is 416 g/mol. The lowest BCUT2D eigenvalue weighted by atomic mass is 10.1. The third kappa shape index (κ3) is 5.02. The number of amides is 1. The standard InChI is InChI=1S/C25H29N5O/c1-29(2)24-23(26-13-14-27-24)20-7-6-8-21(17-20)25(31)28-18-19-9-11-22(12-10-19)30-15-4-3-5-16-30/h6-14,17H,3-5,15-16,18H2,1-2H3,(H,28,31). The van der Waals surface area contributed by atoms with E-state index in [2.05, 4.69) is 44.5 Å². The van der Waals surface area contributed by atoms with Crippen LogP contribution >= 0.6 is 0 Å². The maximum atomic E-state index is 12.8. The molecule has 0 radical (unpaired) electrons. The van der Waals surface area contributed by atoms with Gasteiger partial charge in [-0.1, -0.05) is 24.3 Å². The lowest BCUT2D eigenvalue weighted by molar-refractivity contribution is 0.0951. The molecule has 1 N–H and O–H groups in total. The van der Waals surface area contributed by atoms with Crippen LogP contribution in [0, 0.1) is 0 Å². The van der Waals surface area contributed by atoms with E-state index in [0.29, 0.717) is 12.1 Å². The zero-order valence-corrected chi connectivity index (χ0v) is 18.2. The summed E-state index contributed by atoms with van der Waals surface area (Å²) in [4.78, 5) is 26.0. The molecule has 0 spiro atoms. The molecule has 1 aliphatic rings. The Hall–Kier alpha value is -3.41. The van der Waals surface area contributed by atoms with Crippen LogP contribution in [0.25, 0.3) is 11.3 Å². The molecule has 0 atom stereocenters. The normalized spacial score (nSPS) is 13.7. The molecule has 0 bridgehead atoms. The summed E-state index contributed by atoms with van der Waals surface area (Å²) in [6.07, 6.45) is 7.20. The zero-order chi connectivity index (χ0) is 21.6. The Morgan fingerprint density at radius 2 is 1.74 bits per heavy atom. The predicted molar refractivity (Wildman–Crippen MR) is 125 cm³/mol. The molecule has 0 aliphatic carbocycles. The Bertz CT molecular complexity index is 1030. The quantitative estimate of drug-likeness (QED) is 0.656. The minimum Gasteiger partial charge on any atom is -0.372 e. The number of aromatic nitrogens is 2. The molecule has 1 aliphatic heterocycles. The van der Waals surface area contributed by atoms with Crippen LogP contribution in [0.15, 0.2) is 60.9 Å². The van der Waals surface area contributed by atoms with Gasteiger partial charge in [0.25, 0.3) is 5.91 Å². The van der Waals surface area contributed by atoms with E-state index in [4.69, 9.17) is 0 Å².